The van der Waals surface area contributed by atoms with Crippen molar-refractivity contribution in [2.45, 2.75) is 13.3 Å². The molecule has 0 aliphatic carbocycles. The van der Waals surface area contributed by atoms with Crippen LogP contribution < -0.4 is 4.90 Å². The Bertz CT molecular complexity index is 605. The molecule has 1 aromatic heterocycles. The van der Waals surface area contributed by atoms with Gasteiger partial charge in [0.25, 0.3) is 0 Å². The summed E-state index contributed by atoms with van der Waals surface area (Å²) in [5, 5.41) is 9.15. The number of carbonyl (C=O) groups is 1. The quantitative estimate of drug-likeness (QED) is 0.871. The molecule has 2 heterocycles. The van der Waals surface area contributed by atoms with Gasteiger partial charge >= 0.3 is 0 Å². The number of aliphatic hydroxyl groups is 1. The van der Waals surface area contributed by atoms with Crippen molar-refractivity contribution in [3.05, 3.63) is 24.1 Å². The number of hydrogen-bond acceptors (Lipinski definition) is 4. The van der Waals surface area contributed by atoms with Crippen molar-refractivity contribution in [1.29, 1.82) is 0 Å². The van der Waals surface area contributed by atoms with E-state index in [1.54, 1.807) is 11.8 Å². The SMILES string of the molecule is Cc1nc2c(N3CC(CO)CC3=O)cccc2o1. The highest BCUT2D eigenvalue weighted by Gasteiger charge is 2.31. The summed E-state index contributed by atoms with van der Waals surface area (Å²) in [6, 6.07) is 5.55. The molecule has 3 rings (SSSR count). The number of nitrogens with zero attached hydrogens (tertiary/aromatic N) is 2. The highest BCUT2D eigenvalue weighted by molar-refractivity contribution is 6.02. The first kappa shape index (κ1) is 11.2. The zero-order valence-electron chi connectivity index (χ0n) is 10.1. The predicted octanol–water partition coefficient (Wildman–Crippen LogP) is 1.48. The first-order valence-corrected chi connectivity index (χ1v) is 5.96. The van der Waals surface area contributed by atoms with Crippen LogP contribution in [0.5, 0.6) is 0 Å². The van der Waals surface area contributed by atoms with Crippen LogP contribution in [0, 0.1) is 12.8 Å². The number of amides is 1. The van der Waals surface area contributed by atoms with Crippen LogP contribution in [-0.2, 0) is 4.79 Å². The maximum Gasteiger partial charge on any atom is 0.227 e. The third-order valence-electron chi connectivity index (χ3n) is 3.26. The zero-order chi connectivity index (χ0) is 12.7. The first-order valence-electron chi connectivity index (χ1n) is 5.96. The van der Waals surface area contributed by atoms with E-state index in [9.17, 15) is 4.79 Å². The van der Waals surface area contributed by atoms with E-state index in [0.29, 0.717) is 30.0 Å². The Morgan fingerprint density at radius 3 is 3.11 bits per heavy atom. The van der Waals surface area contributed by atoms with Crippen LogP contribution in [0.4, 0.5) is 5.69 Å². The van der Waals surface area contributed by atoms with Crippen molar-refractivity contribution in [1.82, 2.24) is 4.98 Å². The number of rotatable bonds is 2. The van der Waals surface area contributed by atoms with Crippen LogP contribution in [0.1, 0.15) is 12.3 Å². The molecule has 5 heteroatoms. The number of anilines is 1. The maximum absolute atomic E-state index is 12.0. The second-order valence-corrected chi connectivity index (χ2v) is 4.61. The van der Waals surface area contributed by atoms with E-state index in [2.05, 4.69) is 4.98 Å². The normalized spacial score (nSPS) is 20.0. The Hall–Kier alpha value is -1.88. The minimum absolute atomic E-state index is 0.0146. The highest BCUT2D eigenvalue weighted by atomic mass is 16.3. The van der Waals surface area contributed by atoms with E-state index in [4.69, 9.17) is 9.52 Å². The lowest BCUT2D eigenvalue weighted by atomic mass is 10.1. The number of benzene rings is 1. The molecule has 1 atom stereocenters. The summed E-state index contributed by atoms with van der Waals surface area (Å²) < 4.78 is 5.46. The Morgan fingerprint density at radius 2 is 2.39 bits per heavy atom. The molecule has 1 saturated heterocycles. The number of carbonyl (C=O) groups excluding carboxylic acids is 1. The summed E-state index contributed by atoms with van der Waals surface area (Å²) in [4.78, 5) is 18.0. The first-order chi connectivity index (χ1) is 8.69. The Kier molecular flexibility index (Phi) is 2.56. The largest absolute Gasteiger partial charge is 0.441 e. The molecule has 1 aliphatic heterocycles. The summed E-state index contributed by atoms with van der Waals surface area (Å²) >= 11 is 0. The van der Waals surface area contributed by atoms with Crippen LogP contribution >= 0.6 is 0 Å². The fourth-order valence-corrected chi connectivity index (χ4v) is 2.40. The molecule has 1 N–H and O–H groups in total. The second-order valence-electron chi connectivity index (χ2n) is 4.61. The molecule has 2 aromatic rings. The standard InChI is InChI=1S/C13H14N2O3/c1-8-14-13-10(3-2-4-11(13)18-8)15-6-9(7-16)5-12(15)17/h2-4,9,16H,5-7H2,1H3. The minimum atomic E-state index is 0.0146. The molecule has 5 nitrogen and oxygen atoms in total. The van der Waals surface area contributed by atoms with Gasteiger partial charge in [0, 0.05) is 32.4 Å². The Labute approximate surface area is 104 Å². The topological polar surface area (TPSA) is 66.6 Å². The molecule has 18 heavy (non-hydrogen) atoms. The second kappa shape index (κ2) is 4.10. The van der Waals surface area contributed by atoms with Crippen LogP contribution in [0.3, 0.4) is 0 Å². The van der Waals surface area contributed by atoms with Crippen molar-refractivity contribution in [3.8, 4) is 0 Å². The van der Waals surface area contributed by atoms with Gasteiger partial charge in [0.1, 0.15) is 5.52 Å². The van der Waals surface area contributed by atoms with Crippen molar-refractivity contribution < 1.29 is 14.3 Å². The molecule has 94 valence electrons. The lowest BCUT2D eigenvalue weighted by Gasteiger charge is -2.16. The molecular formula is C13H14N2O3. The Morgan fingerprint density at radius 1 is 1.56 bits per heavy atom. The fraction of sp³-hybridized carbons (Fsp3) is 0.385. The summed E-state index contributed by atoms with van der Waals surface area (Å²) in [5.74, 6) is 0.630. The van der Waals surface area contributed by atoms with E-state index in [-0.39, 0.29) is 18.4 Å². The van der Waals surface area contributed by atoms with E-state index in [1.807, 2.05) is 18.2 Å². The summed E-state index contributed by atoms with van der Waals surface area (Å²) in [7, 11) is 0. The molecule has 0 saturated carbocycles. The van der Waals surface area contributed by atoms with E-state index < -0.39 is 0 Å². The van der Waals surface area contributed by atoms with Gasteiger partial charge in [-0.25, -0.2) is 4.98 Å². The summed E-state index contributed by atoms with van der Waals surface area (Å²) in [6.07, 6.45) is 0.393. The molecule has 1 fully saturated rings. The molecule has 0 spiro atoms. The van der Waals surface area contributed by atoms with Gasteiger partial charge in [-0.2, -0.15) is 0 Å². The van der Waals surface area contributed by atoms with Gasteiger partial charge in [0.15, 0.2) is 11.5 Å². The van der Waals surface area contributed by atoms with Gasteiger partial charge < -0.3 is 14.4 Å². The van der Waals surface area contributed by atoms with Gasteiger partial charge in [-0.05, 0) is 12.1 Å². The number of para-hydroxylation sites is 1. The van der Waals surface area contributed by atoms with Gasteiger partial charge in [-0.3, -0.25) is 4.79 Å². The average Bonchev–Trinajstić information content (AvgIpc) is 2.90. The highest BCUT2D eigenvalue weighted by Crippen LogP contribution is 2.31. The monoisotopic (exact) mass is 246 g/mol. The van der Waals surface area contributed by atoms with Crippen molar-refractivity contribution >= 4 is 22.7 Å². The Balaban J connectivity index is 2.06. The van der Waals surface area contributed by atoms with E-state index >= 15 is 0 Å². The maximum atomic E-state index is 12.0. The van der Waals surface area contributed by atoms with E-state index in [1.165, 1.54) is 0 Å². The molecule has 1 aliphatic rings. The lowest BCUT2D eigenvalue weighted by Crippen LogP contribution is -2.25. The molecule has 0 radical (unpaired) electrons. The van der Waals surface area contributed by atoms with Crippen molar-refractivity contribution in [2.75, 3.05) is 18.1 Å². The average molecular weight is 246 g/mol. The molecule has 1 amide bonds. The van der Waals surface area contributed by atoms with Crippen molar-refractivity contribution in [3.63, 3.8) is 0 Å². The fourth-order valence-electron chi connectivity index (χ4n) is 2.40. The molecule has 1 aromatic carbocycles. The van der Waals surface area contributed by atoms with Gasteiger partial charge in [-0.1, -0.05) is 6.07 Å². The van der Waals surface area contributed by atoms with Crippen LogP contribution in [-0.4, -0.2) is 29.1 Å². The van der Waals surface area contributed by atoms with Crippen LogP contribution in [0.2, 0.25) is 0 Å². The minimum Gasteiger partial charge on any atom is -0.441 e. The van der Waals surface area contributed by atoms with Crippen molar-refractivity contribution in [2.24, 2.45) is 5.92 Å². The van der Waals surface area contributed by atoms with Gasteiger partial charge in [0.2, 0.25) is 5.91 Å². The summed E-state index contributed by atoms with van der Waals surface area (Å²) in [6.45, 7) is 2.36. The predicted molar refractivity (Wildman–Crippen MR) is 66.3 cm³/mol. The van der Waals surface area contributed by atoms with Crippen LogP contribution in [0.15, 0.2) is 22.6 Å². The number of oxazole rings is 1. The number of hydrogen-bond donors (Lipinski definition) is 1. The lowest BCUT2D eigenvalue weighted by molar-refractivity contribution is -0.117. The zero-order valence-corrected chi connectivity index (χ0v) is 10.1. The number of aromatic nitrogens is 1. The summed E-state index contributed by atoms with van der Waals surface area (Å²) in [5.41, 5.74) is 2.16. The smallest absolute Gasteiger partial charge is 0.227 e. The van der Waals surface area contributed by atoms with Gasteiger partial charge in [0.05, 0.1) is 5.69 Å². The molecule has 0 bridgehead atoms. The number of fused-ring (bicyclic) bond motifs is 1. The van der Waals surface area contributed by atoms with Gasteiger partial charge in [-0.15, -0.1) is 0 Å². The van der Waals surface area contributed by atoms with E-state index in [0.717, 1.165) is 5.69 Å². The molecular weight excluding hydrogens is 232 g/mol. The number of aliphatic hydroxyl groups excluding tert-OH is 1. The third-order valence-corrected chi connectivity index (χ3v) is 3.26. The molecule has 1 unspecified atom stereocenters. The number of aryl methyl sites for hydroxylation is 1. The van der Waals surface area contributed by atoms with Crippen LogP contribution in [0.25, 0.3) is 11.1 Å². The third kappa shape index (κ3) is 1.67.